The van der Waals surface area contributed by atoms with Crippen molar-refractivity contribution in [3.8, 4) is 0 Å². The Morgan fingerprint density at radius 3 is 2.53 bits per heavy atom. The summed E-state index contributed by atoms with van der Waals surface area (Å²) in [5.41, 5.74) is 4.93. The molecule has 1 saturated heterocycles. The van der Waals surface area contributed by atoms with Crippen molar-refractivity contribution in [3.63, 3.8) is 0 Å². The zero-order valence-corrected chi connectivity index (χ0v) is 24.4. The zero-order chi connectivity index (χ0) is 27.2. The molecule has 1 fully saturated rings. The van der Waals surface area contributed by atoms with Crippen molar-refractivity contribution < 1.29 is 18.0 Å². The predicted octanol–water partition coefficient (Wildman–Crippen LogP) is 4.09. The minimum Gasteiger partial charge on any atom is -0.358 e. The molecular formula is C28H29IN4O4S. The molecule has 0 spiro atoms. The predicted molar refractivity (Wildman–Crippen MR) is 157 cm³/mol. The highest BCUT2D eigenvalue weighted by atomic mass is 127. The summed E-state index contributed by atoms with van der Waals surface area (Å²) in [7, 11) is -1.59. The van der Waals surface area contributed by atoms with E-state index in [2.05, 4.69) is 37.8 Å². The number of aromatic amines is 1. The fraction of sp³-hybridized carbons (Fsp3) is 0.286. The number of fused-ring (bicyclic) bond motifs is 1. The van der Waals surface area contributed by atoms with Crippen molar-refractivity contribution in [2.24, 2.45) is 0 Å². The van der Waals surface area contributed by atoms with Crippen molar-refractivity contribution in [2.45, 2.75) is 24.5 Å². The van der Waals surface area contributed by atoms with Gasteiger partial charge in [0.15, 0.2) is 9.84 Å². The molecule has 3 heterocycles. The first kappa shape index (κ1) is 26.6. The number of carbonyl (C=O) groups is 2. The number of H-pyrrole nitrogens is 1. The highest BCUT2D eigenvalue weighted by Gasteiger charge is 2.29. The van der Waals surface area contributed by atoms with Crippen molar-refractivity contribution in [1.82, 2.24) is 14.8 Å². The van der Waals surface area contributed by atoms with Gasteiger partial charge >= 0.3 is 0 Å². The number of aryl methyl sites for hydroxylation is 1. The molecule has 2 N–H and O–H groups in total. The normalized spacial score (nSPS) is 17.1. The highest BCUT2D eigenvalue weighted by molar-refractivity contribution is 14.1. The van der Waals surface area contributed by atoms with Gasteiger partial charge < -0.3 is 20.1 Å². The van der Waals surface area contributed by atoms with Crippen LogP contribution in [0.4, 0.5) is 5.69 Å². The van der Waals surface area contributed by atoms with E-state index in [1.54, 1.807) is 24.3 Å². The fourth-order valence-electron chi connectivity index (χ4n) is 4.98. The van der Waals surface area contributed by atoms with Gasteiger partial charge in [0, 0.05) is 52.4 Å². The Morgan fingerprint density at radius 1 is 1.08 bits per heavy atom. The Kier molecular flexibility index (Phi) is 7.23. The van der Waals surface area contributed by atoms with E-state index in [0.717, 1.165) is 27.9 Å². The summed E-state index contributed by atoms with van der Waals surface area (Å²) in [4.78, 5) is 33.7. The topological polar surface area (TPSA) is 103 Å². The van der Waals surface area contributed by atoms with Crippen LogP contribution >= 0.6 is 22.6 Å². The standard InChI is InChI=1S/C28H29IN4O4S/c1-17-25(30-18(2)26(17)28(35)33-11-9-32(3)10-12-33)15-23-22-14-21(7-8-24(22)31-27(23)34)38(36,37)16-19-5-4-6-20(29)13-19/h4-8,13-15,30H,9-12,16H2,1-3H3,(H,31,34). The SMILES string of the molecule is Cc1[nH]c(C=C2C(=O)Nc3ccc(S(=O)(=O)Cc4cccc(I)c4)cc32)c(C)c1C(=O)N1CCN(C)CC1. The number of likely N-dealkylation sites (N-methyl/N-ethyl adjacent to an activating group) is 1. The number of aromatic nitrogens is 1. The summed E-state index contributed by atoms with van der Waals surface area (Å²) in [5, 5.41) is 2.83. The maximum absolute atomic E-state index is 13.3. The van der Waals surface area contributed by atoms with Gasteiger partial charge in [-0.2, -0.15) is 0 Å². The number of sulfone groups is 1. The molecule has 0 atom stereocenters. The smallest absolute Gasteiger partial charge is 0.256 e. The van der Waals surface area contributed by atoms with E-state index in [1.807, 2.05) is 44.0 Å². The van der Waals surface area contributed by atoms with E-state index < -0.39 is 9.84 Å². The van der Waals surface area contributed by atoms with Gasteiger partial charge in [-0.05, 0) is 91.0 Å². The van der Waals surface area contributed by atoms with Crippen molar-refractivity contribution >= 4 is 61.6 Å². The lowest BCUT2D eigenvalue weighted by atomic mass is 10.0. The lowest BCUT2D eigenvalue weighted by Crippen LogP contribution is -2.47. The molecule has 0 saturated carbocycles. The minimum atomic E-state index is -3.63. The maximum Gasteiger partial charge on any atom is 0.256 e. The molecule has 0 unspecified atom stereocenters. The summed E-state index contributed by atoms with van der Waals surface area (Å²) in [6.07, 6.45) is 1.71. The van der Waals surface area contributed by atoms with E-state index in [9.17, 15) is 18.0 Å². The number of amides is 2. The second-order valence-electron chi connectivity index (χ2n) is 9.87. The summed E-state index contributed by atoms with van der Waals surface area (Å²) in [6, 6.07) is 12.1. The van der Waals surface area contributed by atoms with Crippen LogP contribution in [-0.2, 0) is 20.4 Å². The van der Waals surface area contributed by atoms with Gasteiger partial charge in [0.1, 0.15) is 0 Å². The first-order chi connectivity index (χ1) is 18.0. The average molecular weight is 645 g/mol. The van der Waals surface area contributed by atoms with Crippen LogP contribution in [0.1, 0.15) is 38.4 Å². The first-order valence-corrected chi connectivity index (χ1v) is 15.1. The Bertz CT molecular complexity index is 1580. The molecule has 0 radical (unpaired) electrons. The number of nitrogens with one attached hydrogen (secondary N) is 2. The van der Waals surface area contributed by atoms with Crippen LogP contribution in [0.25, 0.3) is 11.6 Å². The van der Waals surface area contributed by atoms with E-state index in [-0.39, 0.29) is 22.5 Å². The zero-order valence-electron chi connectivity index (χ0n) is 21.5. The molecule has 5 rings (SSSR count). The van der Waals surface area contributed by atoms with Crippen LogP contribution in [0.3, 0.4) is 0 Å². The number of carbonyl (C=O) groups excluding carboxylic acids is 2. The monoisotopic (exact) mass is 644 g/mol. The molecule has 2 amide bonds. The van der Waals surface area contributed by atoms with Crippen molar-refractivity contribution in [2.75, 3.05) is 38.5 Å². The van der Waals surface area contributed by atoms with E-state index in [1.165, 1.54) is 6.07 Å². The molecule has 2 aliphatic rings. The van der Waals surface area contributed by atoms with E-state index in [4.69, 9.17) is 0 Å². The summed E-state index contributed by atoms with van der Waals surface area (Å²) in [5.74, 6) is -0.463. The summed E-state index contributed by atoms with van der Waals surface area (Å²) in [6.45, 7) is 6.73. The van der Waals surface area contributed by atoms with Gasteiger partial charge in [0.05, 0.1) is 21.8 Å². The molecule has 198 valence electrons. The number of halogens is 1. The average Bonchev–Trinajstić information content (AvgIpc) is 3.33. The van der Waals surface area contributed by atoms with Crippen LogP contribution in [-0.4, -0.2) is 68.2 Å². The Labute approximate surface area is 236 Å². The Morgan fingerprint density at radius 2 is 1.82 bits per heavy atom. The van der Waals surface area contributed by atoms with Crippen LogP contribution in [0, 0.1) is 17.4 Å². The molecule has 1 aromatic heterocycles. The summed E-state index contributed by atoms with van der Waals surface area (Å²) >= 11 is 2.16. The minimum absolute atomic E-state index is 0.0192. The van der Waals surface area contributed by atoms with Gasteiger partial charge in [0.25, 0.3) is 11.8 Å². The number of benzene rings is 2. The third kappa shape index (κ3) is 5.16. The first-order valence-electron chi connectivity index (χ1n) is 12.3. The van der Waals surface area contributed by atoms with Crippen molar-refractivity contribution in [1.29, 1.82) is 0 Å². The van der Waals surface area contributed by atoms with Gasteiger partial charge in [0.2, 0.25) is 0 Å². The van der Waals surface area contributed by atoms with Gasteiger partial charge in [-0.25, -0.2) is 8.42 Å². The van der Waals surface area contributed by atoms with Crippen LogP contribution in [0.2, 0.25) is 0 Å². The molecule has 0 bridgehead atoms. The van der Waals surface area contributed by atoms with Gasteiger partial charge in [-0.3, -0.25) is 9.59 Å². The second-order valence-corrected chi connectivity index (χ2v) is 13.1. The molecular weight excluding hydrogens is 615 g/mol. The van der Waals surface area contributed by atoms with Crippen LogP contribution in [0.15, 0.2) is 47.4 Å². The maximum atomic E-state index is 13.3. The highest BCUT2D eigenvalue weighted by Crippen LogP contribution is 2.36. The molecule has 0 aliphatic carbocycles. The molecule has 38 heavy (non-hydrogen) atoms. The second kappa shape index (κ2) is 10.3. The molecule has 10 heteroatoms. The van der Waals surface area contributed by atoms with Crippen LogP contribution < -0.4 is 5.32 Å². The number of hydrogen-bond acceptors (Lipinski definition) is 5. The lowest BCUT2D eigenvalue weighted by molar-refractivity contribution is -0.110. The number of anilines is 1. The molecule has 2 aliphatic heterocycles. The van der Waals surface area contributed by atoms with E-state index >= 15 is 0 Å². The largest absolute Gasteiger partial charge is 0.358 e. The lowest BCUT2D eigenvalue weighted by Gasteiger charge is -2.32. The third-order valence-electron chi connectivity index (χ3n) is 7.15. The van der Waals surface area contributed by atoms with E-state index in [0.29, 0.717) is 46.7 Å². The third-order valence-corrected chi connectivity index (χ3v) is 9.50. The molecule has 3 aromatic rings. The summed E-state index contributed by atoms with van der Waals surface area (Å²) < 4.78 is 27.4. The Balaban J connectivity index is 1.47. The quantitative estimate of drug-likeness (QED) is 0.322. The van der Waals surface area contributed by atoms with Gasteiger partial charge in [-0.1, -0.05) is 12.1 Å². The van der Waals surface area contributed by atoms with Crippen LogP contribution in [0.5, 0.6) is 0 Å². The number of nitrogens with zero attached hydrogens (tertiary/aromatic N) is 2. The Hall–Kier alpha value is -2.96. The number of rotatable bonds is 5. The fourth-order valence-corrected chi connectivity index (χ4v) is 6.95. The number of hydrogen-bond donors (Lipinski definition) is 2. The number of piperazine rings is 1. The molecule has 2 aromatic carbocycles. The van der Waals surface area contributed by atoms with Crippen molar-refractivity contribution in [3.05, 3.63) is 79.7 Å². The van der Waals surface area contributed by atoms with Gasteiger partial charge in [-0.15, -0.1) is 0 Å². The molecule has 8 nitrogen and oxygen atoms in total.